The number of rotatable bonds is 1. The zero-order chi connectivity index (χ0) is 11.0. The number of benzene rings is 1. The van der Waals surface area contributed by atoms with Crippen molar-refractivity contribution in [3.63, 3.8) is 0 Å². The Morgan fingerprint density at radius 1 is 1.12 bits per heavy atom. The van der Waals surface area contributed by atoms with Gasteiger partial charge in [0.15, 0.2) is 11.5 Å². The van der Waals surface area contributed by atoms with Gasteiger partial charge in [0.2, 0.25) is 6.79 Å². The van der Waals surface area contributed by atoms with E-state index in [4.69, 9.17) is 15.2 Å². The Labute approximate surface area is 91.9 Å². The van der Waals surface area contributed by atoms with Crippen LogP contribution in [0.5, 0.6) is 11.5 Å². The fourth-order valence-electron chi connectivity index (χ4n) is 1.58. The molecule has 0 radical (unpaired) electrons. The van der Waals surface area contributed by atoms with Crippen LogP contribution in [0.1, 0.15) is 0 Å². The van der Waals surface area contributed by atoms with Crippen LogP contribution in [-0.2, 0) is 0 Å². The summed E-state index contributed by atoms with van der Waals surface area (Å²) in [6, 6.07) is 5.62. The lowest BCUT2D eigenvalue weighted by Gasteiger charge is -2.02. The second-order valence-corrected chi connectivity index (χ2v) is 3.40. The fourth-order valence-corrected chi connectivity index (χ4v) is 1.58. The molecule has 0 amide bonds. The molecule has 2 aromatic rings. The third-order valence-electron chi connectivity index (χ3n) is 2.32. The van der Waals surface area contributed by atoms with Gasteiger partial charge in [0.1, 0.15) is 5.82 Å². The maximum atomic E-state index is 5.58. The number of aromatic nitrogens is 2. The van der Waals surface area contributed by atoms with Gasteiger partial charge in [0, 0.05) is 5.56 Å². The summed E-state index contributed by atoms with van der Waals surface area (Å²) in [5.74, 6) is 1.87. The summed E-state index contributed by atoms with van der Waals surface area (Å²) in [4.78, 5) is 8.18. The molecular weight excluding hydrogens is 206 g/mol. The zero-order valence-corrected chi connectivity index (χ0v) is 8.38. The largest absolute Gasteiger partial charge is 0.454 e. The van der Waals surface area contributed by atoms with E-state index in [0.717, 1.165) is 22.8 Å². The topological polar surface area (TPSA) is 70.3 Å². The molecule has 1 aliphatic heterocycles. The van der Waals surface area contributed by atoms with Gasteiger partial charge in [-0.25, -0.2) is 4.98 Å². The molecule has 0 bridgehead atoms. The van der Waals surface area contributed by atoms with Crippen LogP contribution in [-0.4, -0.2) is 16.8 Å². The van der Waals surface area contributed by atoms with Crippen molar-refractivity contribution in [2.45, 2.75) is 0 Å². The number of hydrogen-bond donors (Lipinski definition) is 1. The van der Waals surface area contributed by atoms with E-state index in [9.17, 15) is 0 Å². The van der Waals surface area contributed by atoms with Crippen molar-refractivity contribution in [1.82, 2.24) is 9.97 Å². The number of nitrogens with zero attached hydrogens (tertiary/aromatic N) is 2. The molecule has 1 aromatic heterocycles. The maximum absolute atomic E-state index is 5.58. The van der Waals surface area contributed by atoms with Crippen molar-refractivity contribution in [2.24, 2.45) is 0 Å². The normalized spacial score (nSPS) is 12.8. The second-order valence-electron chi connectivity index (χ2n) is 3.40. The third kappa shape index (κ3) is 1.42. The first-order chi connectivity index (χ1) is 7.83. The summed E-state index contributed by atoms with van der Waals surface area (Å²) in [6.07, 6.45) is 3.17. The molecule has 1 aliphatic rings. The van der Waals surface area contributed by atoms with Crippen LogP contribution < -0.4 is 15.2 Å². The Bertz CT molecular complexity index is 543. The maximum Gasteiger partial charge on any atom is 0.231 e. The Morgan fingerprint density at radius 2 is 2.00 bits per heavy atom. The van der Waals surface area contributed by atoms with Crippen LogP contribution in [0.3, 0.4) is 0 Å². The Hall–Kier alpha value is -2.30. The van der Waals surface area contributed by atoms with Crippen molar-refractivity contribution < 1.29 is 9.47 Å². The van der Waals surface area contributed by atoms with Crippen molar-refractivity contribution in [2.75, 3.05) is 12.5 Å². The molecule has 0 aliphatic carbocycles. The first-order valence-corrected chi connectivity index (χ1v) is 4.80. The average Bonchev–Trinajstić information content (AvgIpc) is 2.75. The van der Waals surface area contributed by atoms with Gasteiger partial charge in [-0.2, -0.15) is 0 Å². The minimum atomic E-state index is 0.265. The molecule has 0 spiro atoms. The van der Waals surface area contributed by atoms with E-state index >= 15 is 0 Å². The van der Waals surface area contributed by atoms with Gasteiger partial charge in [0.05, 0.1) is 18.1 Å². The van der Waals surface area contributed by atoms with Crippen LogP contribution >= 0.6 is 0 Å². The summed E-state index contributed by atoms with van der Waals surface area (Å²) in [6.45, 7) is 0.265. The molecule has 2 N–H and O–H groups in total. The summed E-state index contributed by atoms with van der Waals surface area (Å²) in [5, 5.41) is 0. The summed E-state index contributed by atoms with van der Waals surface area (Å²) in [5.41, 5.74) is 7.21. The van der Waals surface area contributed by atoms with Crippen LogP contribution in [0.25, 0.3) is 11.3 Å². The number of ether oxygens (including phenoxy) is 2. The van der Waals surface area contributed by atoms with Gasteiger partial charge < -0.3 is 15.2 Å². The van der Waals surface area contributed by atoms with Gasteiger partial charge in [-0.1, -0.05) is 0 Å². The van der Waals surface area contributed by atoms with Gasteiger partial charge in [-0.05, 0) is 18.2 Å². The summed E-state index contributed by atoms with van der Waals surface area (Å²) in [7, 11) is 0. The highest BCUT2D eigenvalue weighted by molar-refractivity contribution is 5.64. The standard InChI is InChI=1S/C11H9N3O2/c12-11-5-13-4-8(14-11)7-1-2-9-10(3-7)16-6-15-9/h1-5H,6H2,(H2,12,14). The van der Waals surface area contributed by atoms with Crippen molar-refractivity contribution >= 4 is 5.82 Å². The SMILES string of the molecule is Nc1cncc(-c2ccc3c(c2)OCO3)n1. The predicted molar refractivity (Wildman–Crippen MR) is 58.0 cm³/mol. The van der Waals surface area contributed by atoms with Crippen LogP contribution in [0.2, 0.25) is 0 Å². The highest BCUT2D eigenvalue weighted by atomic mass is 16.7. The van der Waals surface area contributed by atoms with Crippen molar-refractivity contribution in [3.8, 4) is 22.8 Å². The third-order valence-corrected chi connectivity index (χ3v) is 2.32. The van der Waals surface area contributed by atoms with Gasteiger partial charge >= 0.3 is 0 Å². The van der Waals surface area contributed by atoms with E-state index in [1.807, 2.05) is 18.2 Å². The highest BCUT2D eigenvalue weighted by Gasteiger charge is 2.14. The molecule has 5 heteroatoms. The van der Waals surface area contributed by atoms with Gasteiger partial charge in [0.25, 0.3) is 0 Å². The van der Waals surface area contributed by atoms with E-state index in [0.29, 0.717) is 5.82 Å². The van der Waals surface area contributed by atoms with Crippen molar-refractivity contribution in [1.29, 1.82) is 0 Å². The van der Waals surface area contributed by atoms with E-state index in [2.05, 4.69) is 9.97 Å². The van der Waals surface area contributed by atoms with E-state index in [1.54, 1.807) is 6.20 Å². The second kappa shape index (κ2) is 3.37. The number of nitrogen functional groups attached to an aromatic ring is 1. The first-order valence-electron chi connectivity index (χ1n) is 4.80. The number of hydrogen-bond acceptors (Lipinski definition) is 5. The molecule has 16 heavy (non-hydrogen) atoms. The molecule has 0 unspecified atom stereocenters. The molecule has 3 rings (SSSR count). The summed E-state index contributed by atoms with van der Waals surface area (Å²) < 4.78 is 10.5. The highest BCUT2D eigenvalue weighted by Crippen LogP contribution is 2.35. The van der Waals surface area contributed by atoms with Crippen LogP contribution in [0, 0.1) is 0 Å². The molecule has 0 atom stereocenters. The Balaban J connectivity index is 2.07. The molecule has 1 aromatic carbocycles. The van der Waals surface area contributed by atoms with E-state index in [-0.39, 0.29) is 6.79 Å². The lowest BCUT2D eigenvalue weighted by atomic mass is 10.1. The number of fused-ring (bicyclic) bond motifs is 1. The minimum Gasteiger partial charge on any atom is -0.454 e. The molecule has 0 fully saturated rings. The van der Waals surface area contributed by atoms with E-state index < -0.39 is 0 Å². The first kappa shape index (κ1) is 8.96. The van der Waals surface area contributed by atoms with Gasteiger partial charge in [-0.3, -0.25) is 4.98 Å². The fraction of sp³-hybridized carbons (Fsp3) is 0.0909. The molecule has 5 nitrogen and oxygen atoms in total. The Morgan fingerprint density at radius 3 is 2.88 bits per heavy atom. The predicted octanol–water partition coefficient (Wildman–Crippen LogP) is 1.45. The van der Waals surface area contributed by atoms with Crippen molar-refractivity contribution in [3.05, 3.63) is 30.6 Å². The summed E-state index contributed by atoms with van der Waals surface area (Å²) >= 11 is 0. The quantitative estimate of drug-likeness (QED) is 0.779. The number of anilines is 1. The van der Waals surface area contributed by atoms with Gasteiger partial charge in [-0.15, -0.1) is 0 Å². The van der Waals surface area contributed by atoms with E-state index in [1.165, 1.54) is 6.20 Å². The lowest BCUT2D eigenvalue weighted by Crippen LogP contribution is -1.93. The molecule has 2 heterocycles. The van der Waals surface area contributed by atoms with Crippen LogP contribution in [0.15, 0.2) is 30.6 Å². The smallest absolute Gasteiger partial charge is 0.231 e. The molecular formula is C11H9N3O2. The van der Waals surface area contributed by atoms with Crippen LogP contribution in [0.4, 0.5) is 5.82 Å². The monoisotopic (exact) mass is 215 g/mol. The molecule has 0 saturated heterocycles. The Kier molecular flexibility index (Phi) is 1.89. The number of nitrogens with two attached hydrogens (primary N) is 1. The molecule has 80 valence electrons. The average molecular weight is 215 g/mol. The lowest BCUT2D eigenvalue weighted by molar-refractivity contribution is 0.174. The minimum absolute atomic E-state index is 0.265. The zero-order valence-electron chi connectivity index (χ0n) is 8.38. The molecule has 0 saturated carbocycles.